The summed E-state index contributed by atoms with van der Waals surface area (Å²) in [5.74, 6) is 0.838. The number of methoxy groups -OCH3 is 1. The van der Waals surface area contributed by atoms with Crippen LogP contribution in [0.3, 0.4) is 0 Å². The molecule has 0 unspecified atom stereocenters. The molecule has 2 N–H and O–H groups in total. The molecule has 6 heteroatoms. The van der Waals surface area contributed by atoms with Crippen molar-refractivity contribution in [3.8, 4) is 5.75 Å². The Labute approximate surface area is 139 Å². The molecule has 3 rings (SSSR count). The zero-order valence-corrected chi connectivity index (χ0v) is 14.5. The van der Waals surface area contributed by atoms with Crippen LogP contribution in [0, 0.1) is 0 Å². The molecule has 0 aliphatic rings. The normalized spacial score (nSPS) is 10.8. The highest BCUT2D eigenvalue weighted by atomic mass is 79.9. The fraction of sp³-hybridized carbons (Fsp3) is 0.133. The monoisotopic (exact) mass is 409 g/mol. The van der Waals surface area contributed by atoms with Crippen molar-refractivity contribution in [3.05, 3.63) is 51.0 Å². The average molecular weight is 411 g/mol. The average Bonchev–Trinajstić information content (AvgIpc) is 2.93. The fourth-order valence-corrected chi connectivity index (χ4v) is 3.76. The lowest BCUT2D eigenvalue weighted by atomic mass is 10.1. The van der Waals surface area contributed by atoms with Gasteiger partial charge in [0.05, 0.1) is 23.3 Å². The highest BCUT2D eigenvalue weighted by Crippen LogP contribution is 2.33. The van der Waals surface area contributed by atoms with Crippen LogP contribution in [0.4, 0.5) is 5.69 Å². The number of hydrogen-bond acceptors (Lipinski definition) is 3. The van der Waals surface area contributed by atoms with E-state index >= 15 is 0 Å². The Bertz CT molecular complexity index is 786. The molecule has 0 aliphatic heterocycles. The molecule has 1 heterocycles. The van der Waals surface area contributed by atoms with E-state index in [4.69, 9.17) is 4.74 Å². The smallest absolute Gasteiger partial charge is 0.138 e. The molecular formula is C15H13Br2N3O. The van der Waals surface area contributed by atoms with Gasteiger partial charge >= 0.3 is 0 Å². The van der Waals surface area contributed by atoms with E-state index in [2.05, 4.69) is 47.4 Å². The maximum atomic E-state index is 5.47. The number of anilines is 1. The lowest BCUT2D eigenvalue weighted by Gasteiger charge is -2.13. The lowest BCUT2D eigenvalue weighted by Crippen LogP contribution is -2.02. The van der Waals surface area contributed by atoms with Crippen molar-refractivity contribution >= 4 is 48.5 Å². The number of hydrogen-bond donors (Lipinski definition) is 2. The molecule has 108 valence electrons. The summed E-state index contributed by atoms with van der Waals surface area (Å²) < 4.78 is 7.40. The van der Waals surface area contributed by atoms with Gasteiger partial charge in [-0.1, -0.05) is 22.0 Å². The third-order valence-electron chi connectivity index (χ3n) is 3.24. The summed E-state index contributed by atoms with van der Waals surface area (Å²) in [6, 6.07) is 10.1. The predicted octanol–water partition coefficient (Wildman–Crippen LogP) is 4.71. The van der Waals surface area contributed by atoms with E-state index in [9.17, 15) is 0 Å². The number of rotatable bonds is 4. The van der Waals surface area contributed by atoms with Crippen LogP contribution >= 0.6 is 31.9 Å². The molecular weight excluding hydrogens is 398 g/mol. The third-order valence-corrected chi connectivity index (χ3v) is 4.29. The van der Waals surface area contributed by atoms with E-state index < -0.39 is 0 Å². The van der Waals surface area contributed by atoms with Crippen molar-refractivity contribution in [2.24, 2.45) is 0 Å². The van der Waals surface area contributed by atoms with Gasteiger partial charge < -0.3 is 10.1 Å². The second kappa shape index (κ2) is 6.07. The Morgan fingerprint density at radius 3 is 2.95 bits per heavy atom. The first-order chi connectivity index (χ1) is 10.2. The van der Waals surface area contributed by atoms with Gasteiger partial charge in [0.15, 0.2) is 0 Å². The number of aromatic amines is 1. The van der Waals surface area contributed by atoms with Crippen molar-refractivity contribution in [2.75, 3.05) is 12.4 Å². The number of aromatic nitrogens is 2. The number of fused-ring (bicyclic) bond motifs is 1. The third kappa shape index (κ3) is 2.91. The van der Waals surface area contributed by atoms with Crippen LogP contribution in [0.15, 0.2) is 45.5 Å². The molecule has 0 bridgehead atoms. The van der Waals surface area contributed by atoms with Crippen molar-refractivity contribution in [1.82, 2.24) is 10.2 Å². The summed E-state index contributed by atoms with van der Waals surface area (Å²) >= 11 is 7.03. The van der Waals surface area contributed by atoms with E-state index in [1.165, 1.54) is 0 Å². The number of nitrogens with zero attached hydrogens (tertiary/aromatic N) is 1. The zero-order chi connectivity index (χ0) is 14.8. The minimum Gasteiger partial charge on any atom is -0.495 e. The van der Waals surface area contributed by atoms with E-state index in [0.717, 1.165) is 36.8 Å². The van der Waals surface area contributed by atoms with E-state index in [1.54, 1.807) is 7.11 Å². The number of ether oxygens (including phenoxy) is 1. The molecule has 2 aromatic carbocycles. The zero-order valence-electron chi connectivity index (χ0n) is 11.3. The first kappa shape index (κ1) is 14.4. The molecule has 3 aromatic rings. The number of benzene rings is 2. The topological polar surface area (TPSA) is 49.9 Å². The molecule has 0 fully saturated rings. The molecule has 0 radical (unpaired) electrons. The van der Waals surface area contributed by atoms with Crippen LogP contribution in [-0.2, 0) is 6.54 Å². The lowest BCUT2D eigenvalue weighted by molar-refractivity contribution is 0.407. The van der Waals surface area contributed by atoms with Crippen LogP contribution in [0.5, 0.6) is 5.75 Å². The summed E-state index contributed by atoms with van der Waals surface area (Å²) in [6.45, 7) is 0.658. The van der Waals surface area contributed by atoms with Crippen molar-refractivity contribution in [3.63, 3.8) is 0 Å². The van der Waals surface area contributed by atoms with Gasteiger partial charge in [0.1, 0.15) is 5.75 Å². The van der Waals surface area contributed by atoms with Crippen molar-refractivity contribution in [2.45, 2.75) is 6.54 Å². The Morgan fingerprint density at radius 1 is 1.29 bits per heavy atom. The standard InChI is InChI=1S/C15H13Br2N3O/c1-21-15-9(5-10(16)6-12(15)17)7-18-13-3-2-4-14-11(13)8-19-20-14/h2-6,8,18H,7H2,1H3,(H,19,20). The molecule has 0 atom stereocenters. The van der Waals surface area contributed by atoms with Crippen molar-refractivity contribution < 1.29 is 4.74 Å². The first-order valence-electron chi connectivity index (χ1n) is 6.37. The van der Waals surface area contributed by atoms with Crippen molar-refractivity contribution in [1.29, 1.82) is 0 Å². The SMILES string of the molecule is COc1c(Br)cc(Br)cc1CNc1cccc2[nH]ncc12. The predicted molar refractivity (Wildman–Crippen MR) is 91.8 cm³/mol. The van der Waals surface area contributed by atoms with E-state index in [-0.39, 0.29) is 0 Å². The van der Waals surface area contributed by atoms with E-state index in [1.807, 2.05) is 36.5 Å². The highest BCUT2D eigenvalue weighted by Gasteiger charge is 2.10. The van der Waals surface area contributed by atoms with Gasteiger partial charge in [0, 0.05) is 27.7 Å². The fourth-order valence-electron chi connectivity index (χ4n) is 2.29. The summed E-state index contributed by atoms with van der Waals surface area (Å²) in [5, 5.41) is 11.6. The minimum absolute atomic E-state index is 0.658. The van der Waals surface area contributed by atoms with Crippen LogP contribution in [0.2, 0.25) is 0 Å². The molecule has 4 nitrogen and oxygen atoms in total. The Balaban J connectivity index is 1.90. The molecule has 0 aliphatic carbocycles. The Hall–Kier alpha value is -1.53. The second-order valence-corrected chi connectivity index (χ2v) is 6.34. The Kier molecular flexibility index (Phi) is 4.17. The maximum absolute atomic E-state index is 5.47. The van der Waals surface area contributed by atoms with Crippen LogP contribution < -0.4 is 10.1 Å². The highest BCUT2D eigenvalue weighted by molar-refractivity contribution is 9.11. The van der Waals surface area contributed by atoms with Gasteiger partial charge in [-0.2, -0.15) is 5.10 Å². The molecule has 0 saturated heterocycles. The molecule has 0 saturated carbocycles. The number of H-pyrrole nitrogens is 1. The summed E-state index contributed by atoms with van der Waals surface area (Å²) in [4.78, 5) is 0. The van der Waals surface area contributed by atoms with Gasteiger partial charge in [-0.15, -0.1) is 0 Å². The molecule has 0 amide bonds. The maximum Gasteiger partial charge on any atom is 0.138 e. The van der Waals surface area contributed by atoms with Gasteiger partial charge in [-0.3, -0.25) is 5.10 Å². The van der Waals surface area contributed by atoms with Gasteiger partial charge in [0.25, 0.3) is 0 Å². The number of nitrogens with one attached hydrogen (secondary N) is 2. The minimum atomic E-state index is 0.658. The van der Waals surface area contributed by atoms with Gasteiger partial charge in [-0.05, 0) is 40.2 Å². The summed E-state index contributed by atoms with van der Waals surface area (Å²) in [7, 11) is 1.67. The van der Waals surface area contributed by atoms with Gasteiger partial charge in [0.2, 0.25) is 0 Å². The molecule has 0 spiro atoms. The molecule has 21 heavy (non-hydrogen) atoms. The second-order valence-electron chi connectivity index (χ2n) is 4.57. The van der Waals surface area contributed by atoms with Crippen LogP contribution in [-0.4, -0.2) is 17.3 Å². The first-order valence-corrected chi connectivity index (χ1v) is 7.95. The number of halogens is 2. The van der Waals surface area contributed by atoms with Crippen LogP contribution in [0.1, 0.15) is 5.56 Å². The summed E-state index contributed by atoms with van der Waals surface area (Å²) in [6.07, 6.45) is 1.83. The summed E-state index contributed by atoms with van der Waals surface area (Å²) in [5.41, 5.74) is 3.13. The van der Waals surface area contributed by atoms with Gasteiger partial charge in [-0.25, -0.2) is 0 Å². The van der Waals surface area contributed by atoms with E-state index in [0.29, 0.717) is 6.54 Å². The quantitative estimate of drug-likeness (QED) is 0.654. The van der Waals surface area contributed by atoms with Crippen LogP contribution in [0.25, 0.3) is 10.9 Å². The Morgan fingerprint density at radius 2 is 2.14 bits per heavy atom. The molecule has 1 aromatic heterocycles. The largest absolute Gasteiger partial charge is 0.495 e.